The van der Waals surface area contributed by atoms with E-state index in [4.69, 9.17) is 9.15 Å². The molecular formula is C22H32FN5O3. The lowest BCUT2D eigenvalue weighted by atomic mass is 10.1. The van der Waals surface area contributed by atoms with Crippen LogP contribution in [0.2, 0.25) is 0 Å². The zero-order valence-corrected chi connectivity index (χ0v) is 18.2. The first-order valence-electron chi connectivity index (χ1n) is 10.7. The quantitative estimate of drug-likeness (QED) is 0.409. The smallest absolute Gasteiger partial charge is 0.226 e. The van der Waals surface area contributed by atoms with Crippen molar-refractivity contribution in [1.29, 1.82) is 0 Å². The Bertz CT molecular complexity index is 832. The summed E-state index contributed by atoms with van der Waals surface area (Å²) in [5.74, 6) is 0.820. The molecule has 1 aliphatic heterocycles. The normalized spacial score (nSPS) is 17.4. The van der Waals surface area contributed by atoms with Crippen LogP contribution in [0.1, 0.15) is 19.5 Å². The molecule has 0 aliphatic carbocycles. The minimum absolute atomic E-state index is 0.290. The molecule has 1 aromatic heterocycles. The number of morpholine rings is 1. The molecule has 0 spiro atoms. The van der Waals surface area contributed by atoms with Gasteiger partial charge >= 0.3 is 0 Å². The monoisotopic (exact) mass is 433 g/mol. The van der Waals surface area contributed by atoms with Crippen molar-refractivity contribution in [2.24, 2.45) is 4.99 Å². The number of guanidine groups is 1. The van der Waals surface area contributed by atoms with Crippen molar-refractivity contribution in [3.8, 4) is 11.5 Å². The fourth-order valence-electron chi connectivity index (χ4n) is 3.34. The van der Waals surface area contributed by atoms with Crippen LogP contribution in [0.5, 0.6) is 0 Å². The Kier molecular flexibility index (Phi) is 8.39. The summed E-state index contributed by atoms with van der Waals surface area (Å²) in [6.45, 7) is 9.04. The number of ether oxygens (including phenoxy) is 1. The van der Waals surface area contributed by atoms with Gasteiger partial charge in [0.1, 0.15) is 12.1 Å². The van der Waals surface area contributed by atoms with Gasteiger partial charge in [-0.25, -0.2) is 9.37 Å². The largest absolute Gasteiger partial charge is 0.444 e. The van der Waals surface area contributed by atoms with Crippen molar-refractivity contribution in [3.05, 3.63) is 42.0 Å². The molecule has 1 aromatic carbocycles. The van der Waals surface area contributed by atoms with Gasteiger partial charge in [-0.05, 0) is 38.1 Å². The molecular weight excluding hydrogens is 401 g/mol. The maximum Gasteiger partial charge on any atom is 0.226 e. The second-order valence-electron chi connectivity index (χ2n) is 7.91. The fourth-order valence-corrected chi connectivity index (χ4v) is 3.34. The molecule has 1 fully saturated rings. The Morgan fingerprint density at radius 3 is 2.71 bits per heavy atom. The minimum atomic E-state index is -0.921. The number of hydrogen-bond acceptors (Lipinski definition) is 6. The predicted molar refractivity (Wildman–Crippen MR) is 117 cm³/mol. The third-order valence-electron chi connectivity index (χ3n) is 4.91. The molecule has 0 radical (unpaired) electrons. The van der Waals surface area contributed by atoms with Gasteiger partial charge in [0.25, 0.3) is 0 Å². The lowest BCUT2D eigenvalue weighted by molar-refractivity contribution is -0.0179. The van der Waals surface area contributed by atoms with Gasteiger partial charge in [-0.2, -0.15) is 0 Å². The summed E-state index contributed by atoms with van der Waals surface area (Å²) in [6, 6.07) is 6.05. The molecule has 2 aromatic rings. The lowest BCUT2D eigenvalue weighted by Gasteiger charge is -2.33. The number of β-amino-alcohol motifs (C(OH)–C–C–N with tert-alkyl or cyclic N) is 1. The number of hydrogen-bond donors (Lipinski definition) is 3. The van der Waals surface area contributed by atoms with E-state index in [9.17, 15) is 9.50 Å². The Hall–Kier alpha value is -2.49. The van der Waals surface area contributed by atoms with Gasteiger partial charge in [-0.15, -0.1) is 0 Å². The molecule has 8 nitrogen and oxygen atoms in total. The fraction of sp³-hybridized carbons (Fsp3) is 0.545. The van der Waals surface area contributed by atoms with E-state index in [0.717, 1.165) is 30.9 Å². The average Bonchev–Trinajstić information content (AvgIpc) is 3.22. The molecule has 0 amide bonds. The zero-order chi connectivity index (χ0) is 22.1. The highest BCUT2D eigenvalue weighted by Gasteiger charge is 2.25. The SMILES string of the molecule is CCNC(=NCC(C)(O)CN1CCOCC1)NCCc1coc(-c2ccc(F)cc2)n1. The standard InChI is InChI=1S/C22H32FN5O3/c1-3-24-21(26-15-22(2,29)16-28-10-12-30-13-11-28)25-9-8-19-14-31-20(27-19)17-4-6-18(23)7-5-17/h4-7,14,29H,3,8-13,15-16H2,1-2H3,(H2,24,25,26). The molecule has 1 aliphatic rings. The predicted octanol–water partition coefficient (Wildman–Crippen LogP) is 1.66. The molecule has 1 atom stereocenters. The second kappa shape index (κ2) is 11.2. The van der Waals surface area contributed by atoms with E-state index in [1.165, 1.54) is 12.1 Å². The Labute approximate surface area is 182 Å². The maximum atomic E-state index is 13.1. The van der Waals surface area contributed by atoms with Gasteiger partial charge in [0.2, 0.25) is 5.89 Å². The first-order chi connectivity index (χ1) is 14.9. The van der Waals surface area contributed by atoms with E-state index < -0.39 is 5.60 Å². The van der Waals surface area contributed by atoms with E-state index in [2.05, 4.69) is 25.5 Å². The molecule has 31 heavy (non-hydrogen) atoms. The first kappa shape index (κ1) is 23.2. The molecule has 3 N–H and O–H groups in total. The highest BCUT2D eigenvalue weighted by Crippen LogP contribution is 2.19. The summed E-state index contributed by atoms with van der Waals surface area (Å²) in [7, 11) is 0. The number of aliphatic hydroxyl groups is 1. The molecule has 0 saturated carbocycles. The number of benzene rings is 1. The zero-order valence-electron chi connectivity index (χ0n) is 18.2. The van der Waals surface area contributed by atoms with Gasteiger partial charge in [-0.1, -0.05) is 0 Å². The number of halogens is 1. The van der Waals surface area contributed by atoms with Gasteiger partial charge in [0, 0.05) is 44.7 Å². The van der Waals surface area contributed by atoms with E-state index >= 15 is 0 Å². The van der Waals surface area contributed by atoms with Crippen LogP contribution in [-0.4, -0.2) is 79.0 Å². The van der Waals surface area contributed by atoms with Crippen molar-refractivity contribution in [3.63, 3.8) is 0 Å². The molecule has 1 saturated heterocycles. The summed E-state index contributed by atoms with van der Waals surface area (Å²) in [6.07, 6.45) is 2.25. The summed E-state index contributed by atoms with van der Waals surface area (Å²) in [5.41, 5.74) is 0.607. The van der Waals surface area contributed by atoms with Gasteiger partial charge in [-0.3, -0.25) is 9.89 Å². The summed E-state index contributed by atoms with van der Waals surface area (Å²) >= 11 is 0. The molecule has 170 valence electrons. The van der Waals surface area contributed by atoms with E-state index in [1.807, 2.05) is 13.8 Å². The summed E-state index contributed by atoms with van der Waals surface area (Å²) in [4.78, 5) is 11.2. The van der Waals surface area contributed by atoms with Crippen molar-refractivity contribution >= 4 is 5.96 Å². The molecule has 9 heteroatoms. The number of aromatic nitrogens is 1. The van der Waals surface area contributed by atoms with Crippen LogP contribution in [0.3, 0.4) is 0 Å². The van der Waals surface area contributed by atoms with Crippen LogP contribution in [0.4, 0.5) is 4.39 Å². The second-order valence-corrected chi connectivity index (χ2v) is 7.91. The number of oxazole rings is 1. The van der Waals surface area contributed by atoms with Crippen LogP contribution in [0, 0.1) is 5.82 Å². The van der Waals surface area contributed by atoms with Gasteiger partial charge in [0.05, 0.1) is 31.1 Å². The lowest BCUT2D eigenvalue weighted by Crippen LogP contribution is -2.48. The third-order valence-corrected chi connectivity index (χ3v) is 4.91. The summed E-state index contributed by atoms with van der Waals surface area (Å²) in [5, 5.41) is 17.2. The topological polar surface area (TPSA) is 95.2 Å². The highest BCUT2D eigenvalue weighted by molar-refractivity contribution is 5.79. The average molecular weight is 434 g/mol. The molecule has 3 rings (SSSR count). The van der Waals surface area contributed by atoms with Crippen LogP contribution < -0.4 is 10.6 Å². The Balaban J connectivity index is 1.49. The number of rotatable bonds is 9. The van der Waals surface area contributed by atoms with Crippen molar-refractivity contribution in [2.75, 3.05) is 52.5 Å². The molecule has 2 heterocycles. The Morgan fingerprint density at radius 1 is 1.26 bits per heavy atom. The maximum absolute atomic E-state index is 13.1. The van der Waals surface area contributed by atoms with E-state index in [1.54, 1.807) is 18.4 Å². The number of nitrogens with one attached hydrogen (secondary N) is 2. The van der Waals surface area contributed by atoms with Gasteiger partial charge < -0.3 is 24.9 Å². The van der Waals surface area contributed by atoms with Gasteiger partial charge in [0.15, 0.2) is 5.96 Å². The van der Waals surface area contributed by atoms with Crippen LogP contribution >= 0.6 is 0 Å². The van der Waals surface area contributed by atoms with Crippen LogP contribution in [-0.2, 0) is 11.2 Å². The van der Waals surface area contributed by atoms with Crippen molar-refractivity contribution < 1.29 is 18.7 Å². The van der Waals surface area contributed by atoms with Crippen molar-refractivity contribution in [2.45, 2.75) is 25.9 Å². The highest BCUT2D eigenvalue weighted by atomic mass is 19.1. The van der Waals surface area contributed by atoms with Crippen molar-refractivity contribution in [1.82, 2.24) is 20.5 Å². The summed E-state index contributed by atoms with van der Waals surface area (Å²) < 4.78 is 23.9. The molecule has 1 unspecified atom stereocenters. The Morgan fingerprint density at radius 2 is 2.00 bits per heavy atom. The van der Waals surface area contributed by atoms with E-state index in [-0.39, 0.29) is 5.82 Å². The third kappa shape index (κ3) is 7.61. The van der Waals surface area contributed by atoms with Crippen LogP contribution in [0.25, 0.3) is 11.5 Å². The van der Waals surface area contributed by atoms with E-state index in [0.29, 0.717) is 51.1 Å². The molecule has 0 bridgehead atoms. The number of aliphatic imine (C=N–C) groups is 1. The number of nitrogens with zero attached hydrogens (tertiary/aromatic N) is 3. The first-order valence-corrected chi connectivity index (χ1v) is 10.7. The minimum Gasteiger partial charge on any atom is -0.444 e. The van der Waals surface area contributed by atoms with Crippen LogP contribution in [0.15, 0.2) is 39.9 Å².